The molecule has 2 heterocycles. The fourth-order valence-electron chi connectivity index (χ4n) is 4.27. The van der Waals surface area contributed by atoms with Crippen molar-refractivity contribution >= 4 is 17.6 Å². The molecule has 2 aliphatic rings. The first-order chi connectivity index (χ1) is 12.6. The molecule has 6 nitrogen and oxygen atoms in total. The van der Waals surface area contributed by atoms with Crippen molar-refractivity contribution in [3.05, 3.63) is 46.5 Å². The molecule has 1 aromatic carbocycles. The van der Waals surface area contributed by atoms with Crippen LogP contribution in [0.25, 0.3) is 0 Å². The molecule has 0 bridgehead atoms. The summed E-state index contributed by atoms with van der Waals surface area (Å²) in [7, 11) is 0. The van der Waals surface area contributed by atoms with Crippen LogP contribution in [-0.2, 0) is 22.5 Å². The minimum absolute atomic E-state index is 0.0263. The van der Waals surface area contributed by atoms with Gasteiger partial charge in [-0.15, -0.1) is 0 Å². The van der Waals surface area contributed by atoms with Crippen LogP contribution in [0.4, 0.5) is 0 Å². The summed E-state index contributed by atoms with van der Waals surface area (Å²) in [5, 5.41) is 14.7. The molecule has 2 fully saturated rings. The van der Waals surface area contributed by atoms with Gasteiger partial charge in [-0.1, -0.05) is 23.7 Å². The van der Waals surface area contributed by atoms with E-state index in [1.165, 1.54) is 0 Å². The molecule has 0 unspecified atom stereocenters. The Kier molecular flexibility index (Phi) is 4.71. The summed E-state index contributed by atoms with van der Waals surface area (Å²) in [6.45, 7) is 0.333. The maximum Gasteiger partial charge on any atom is 0.307 e. The van der Waals surface area contributed by atoms with E-state index >= 15 is 0 Å². The Morgan fingerprint density at radius 1 is 1.35 bits per heavy atom. The van der Waals surface area contributed by atoms with E-state index in [1.807, 2.05) is 24.3 Å². The molecule has 1 N–H and O–H groups in total. The molecule has 7 heteroatoms. The number of aliphatic hydroxyl groups is 1. The van der Waals surface area contributed by atoms with Gasteiger partial charge >= 0.3 is 5.97 Å². The Labute approximate surface area is 157 Å². The average Bonchev–Trinajstić information content (AvgIpc) is 3.29. The molecule has 1 aromatic heterocycles. The largest absolute Gasteiger partial charge is 0.458 e. The van der Waals surface area contributed by atoms with Crippen molar-refractivity contribution in [2.45, 2.75) is 56.6 Å². The van der Waals surface area contributed by atoms with Gasteiger partial charge in [0.1, 0.15) is 11.4 Å². The number of benzene rings is 1. The van der Waals surface area contributed by atoms with Gasteiger partial charge in [0.2, 0.25) is 0 Å². The highest BCUT2D eigenvalue weighted by Gasteiger charge is 2.53. The monoisotopic (exact) mass is 375 g/mol. The molecular formula is C19H22ClN3O3. The second-order valence-electron chi connectivity index (χ2n) is 7.14. The third kappa shape index (κ3) is 3.23. The van der Waals surface area contributed by atoms with Crippen molar-refractivity contribution in [1.82, 2.24) is 14.8 Å². The van der Waals surface area contributed by atoms with E-state index in [2.05, 4.69) is 5.10 Å². The molecule has 0 radical (unpaired) electrons. The molecule has 1 saturated heterocycles. The van der Waals surface area contributed by atoms with Gasteiger partial charge in [-0.05, 0) is 43.4 Å². The Balaban J connectivity index is 1.66. The number of hydrogen-bond donors (Lipinski definition) is 1. The van der Waals surface area contributed by atoms with Gasteiger partial charge in [-0.25, -0.2) is 9.67 Å². The number of esters is 1. The molecule has 4 rings (SSSR count). The molecule has 26 heavy (non-hydrogen) atoms. The first-order valence-corrected chi connectivity index (χ1v) is 9.48. The molecule has 2 aromatic rings. The minimum Gasteiger partial charge on any atom is -0.458 e. The van der Waals surface area contributed by atoms with Gasteiger partial charge in [0.05, 0.1) is 25.5 Å². The number of aliphatic hydroxyl groups excluding tert-OH is 1. The van der Waals surface area contributed by atoms with Crippen molar-refractivity contribution in [3.63, 3.8) is 0 Å². The van der Waals surface area contributed by atoms with Crippen molar-refractivity contribution < 1.29 is 14.6 Å². The second kappa shape index (κ2) is 7.00. The third-order valence-corrected chi connectivity index (χ3v) is 5.63. The maximum absolute atomic E-state index is 12.0. The minimum atomic E-state index is -0.440. The normalized spacial score (nSPS) is 21.5. The molecule has 1 aliphatic heterocycles. The lowest BCUT2D eigenvalue weighted by atomic mass is 9.85. The van der Waals surface area contributed by atoms with Gasteiger partial charge < -0.3 is 9.84 Å². The van der Waals surface area contributed by atoms with Gasteiger partial charge in [0, 0.05) is 11.4 Å². The van der Waals surface area contributed by atoms with Gasteiger partial charge in [-0.2, -0.15) is 5.10 Å². The number of halogens is 1. The number of carbonyl (C=O) groups excluding carboxylic acids is 1. The van der Waals surface area contributed by atoms with E-state index in [9.17, 15) is 9.90 Å². The summed E-state index contributed by atoms with van der Waals surface area (Å²) < 4.78 is 7.50. The van der Waals surface area contributed by atoms with E-state index in [0.29, 0.717) is 30.2 Å². The number of hydrogen-bond acceptors (Lipinski definition) is 5. The highest BCUT2D eigenvalue weighted by atomic mass is 35.5. The SMILES string of the molecule is O=C1C[C@H](c2nc(Cc3cccc(Cl)c3)nn2CCO)C2(CCCC2)O1. The summed E-state index contributed by atoms with van der Waals surface area (Å²) in [4.78, 5) is 16.8. The molecule has 1 atom stereocenters. The Bertz CT molecular complexity index is 814. The smallest absolute Gasteiger partial charge is 0.307 e. The predicted octanol–water partition coefficient (Wildman–Crippen LogP) is 2.86. The van der Waals surface area contributed by atoms with Crippen molar-refractivity contribution in [2.24, 2.45) is 0 Å². The Morgan fingerprint density at radius 2 is 2.15 bits per heavy atom. The first kappa shape index (κ1) is 17.5. The van der Waals surface area contributed by atoms with Crippen LogP contribution in [-0.4, -0.2) is 38.0 Å². The zero-order valence-electron chi connectivity index (χ0n) is 14.5. The van der Waals surface area contributed by atoms with Crippen LogP contribution in [0.15, 0.2) is 24.3 Å². The molecule has 1 saturated carbocycles. The Hall–Kier alpha value is -1.92. The number of rotatable bonds is 5. The van der Waals surface area contributed by atoms with Crippen LogP contribution < -0.4 is 0 Å². The average molecular weight is 376 g/mol. The van der Waals surface area contributed by atoms with Crippen LogP contribution in [0.3, 0.4) is 0 Å². The van der Waals surface area contributed by atoms with Crippen LogP contribution in [0.5, 0.6) is 0 Å². The quantitative estimate of drug-likeness (QED) is 0.813. The fraction of sp³-hybridized carbons (Fsp3) is 0.526. The van der Waals surface area contributed by atoms with E-state index < -0.39 is 5.60 Å². The number of carbonyl (C=O) groups is 1. The predicted molar refractivity (Wildman–Crippen MR) is 96.0 cm³/mol. The zero-order valence-corrected chi connectivity index (χ0v) is 15.3. The lowest BCUT2D eigenvalue weighted by Gasteiger charge is -2.28. The van der Waals surface area contributed by atoms with Crippen LogP contribution in [0, 0.1) is 0 Å². The topological polar surface area (TPSA) is 77.2 Å². The van der Waals surface area contributed by atoms with E-state index in [4.69, 9.17) is 21.3 Å². The van der Waals surface area contributed by atoms with Crippen LogP contribution >= 0.6 is 11.6 Å². The van der Waals surface area contributed by atoms with Crippen LogP contribution in [0.1, 0.15) is 55.2 Å². The maximum atomic E-state index is 12.0. The molecule has 1 spiro atoms. The number of aromatic nitrogens is 3. The molecule has 138 valence electrons. The second-order valence-corrected chi connectivity index (χ2v) is 7.58. The lowest BCUT2D eigenvalue weighted by Crippen LogP contribution is -2.32. The summed E-state index contributed by atoms with van der Waals surface area (Å²) in [5.41, 5.74) is 0.588. The lowest BCUT2D eigenvalue weighted by molar-refractivity contribution is -0.148. The summed E-state index contributed by atoms with van der Waals surface area (Å²) in [5.74, 6) is 1.17. The zero-order chi connectivity index (χ0) is 18.1. The molecule has 0 amide bonds. The molecule has 1 aliphatic carbocycles. The van der Waals surface area contributed by atoms with Gasteiger partial charge in [-0.3, -0.25) is 4.79 Å². The summed E-state index contributed by atoms with van der Waals surface area (Å²) >= 11 is 6.07. The van der Waals surface area contributed by atoms with E-state index in [0.717, 1.165) is 37.1 Å². The van der Waals surface area contributed by atoms with Crippen molar-refractivity contribution in [3.8, 4) is 0 Å². The summed E-state index contributed by atoms with van der Waals surface area (Å²) in [6.07, 6.45) is 4.76. The standard InChI is InChI=1S/C19H22ClN3O3/c20-14-5-3-4-13(10-14)11-16-21-18(23(22-16)8-9-24)15-12-17(25)26-19(15)6-1-2-7-19/h3-5,10,15,24H,1-2,6-9,11-12H2/t15-/m1/s1. The first-order valence-electron chi connectivity index (χ1n) is 9.10. The van der Waals surface area contributed by atoms with Gasteiger partial charge in [0.25, 0.3) is 0 Å². The van der Waals surface area contributed by atoms with Crippen LogP contribution in [0.2, 0.25) is 5.02 Å². The number of nitrogens with zero attached hydrogens (tertiary/aromatic N) is 3. The molecular weight excluding hydrogens is 354 g/mol. The van der Waals surface area contributed by atoms with E-state index in [1.54, 1.807) is 4.68 Å². The van der Waals surface area contributed by atoms with E-state index in [-0.39, 0.29) is 18.5 Å². The van der Waals surface area contributed by atoms with Crippen molar-refractivity contribution in [2.75, 3.05) is 6.61 Å². The highest BCUT2D eigenvalue weighted by Crippen LogP contribution is 2.49. The van der Waals surface area contributed by atoms with Crippen molar-refractivity contribution in [1.29, 1.82) is 0 Å². The highest BCUT2D eigenvalue weighted by molar-refractivity contribution is 6.30. The number of ether oxygens (including phenoxy) is 1. The Morgan fingerprint density at radius 3 is 2.88 bits per heavy atom. The summed E-state index contributed by atoms with van der Waals surface area (Å²) in [6, 6.07) is 7.62. The third-order valence-electron chi connectivity index (χ3n) is 5.39. The fourth-order valence-corrected chi connectivity index (χ4v) is 4.48. The van der Waals surface area contributed by atoms with Gasteiger partial charge in [0.15, 0.2) is 5.82 Å².